The molecule has 2 amide bonds. The van der Waals surface area contributed by atoms with Crippen LogP contribution in [0, 0.1) is 5.41 Å². The van der Waals surface area contributed by atoms with Crippen molar-refractivity contribution in [3.63, 3.8) is 0 Å². The predicted molar refractivity (Wildman–Crippen MR) is 128 cm³/mol. The molecule has 34 heavy (non-hydrogen) atoms. The van der Waals surface area contributed by atoms with Gasteiger partial charge >= 0.3 is 12.1 Å². The van der Waals surface area contributed by atoms with Crippen LogP contribution in [0.1, 0.15) is 44.2 Å². The fraction of sp³-hybridized carbons (Fsp3) is 0.423. The maximum absolute atomic E-state index is 12.8. The Labute approximate surface area is 199 Å². The van der Waals surface area contributed by atoms with Crippen LogP contribution in [0.15, 0.2) is 48.5 Å². The molecule has 182 valence electrons. The number of benzene rings is 2. The Morgan fingerprint density at radius 3 is 2.03 bits per heavy atom. The Balaban J connectivity index is 1.65. The molecular weight excluding hydrogens is 436 g/mol. The predicted octanol–water partition coefficient (Wildman–Crippen LogP) is 3.55. The van der Waals surface area contributed by atoms with Gasteiger partial charge in [0, 0.05) is 19.1 Å². The average Bonchev–Trinajstić information content (AvgIpc) is 3.10. The number of carboxylic acid groups (broad SMARTS) is 1. The highest BCUT2D eigenvalue weighted by Crippen LogP contribution is 2.44. The van der Waals surface area contributed by atoms with Crippen molar-refractivity contribution in [2.45, 2.75) is 45.2 Å². The molecule has 2 aromatic carbocycles. The van der Waals surface area contributed by atoms with Crippen LogP contribution in [0.5, 0.6) is 0 Å². The van der Waals surface area contributed by atoms with Gasteiger partial charge in [-0.3, -0.25) is 9.59 Å². The van der Waals surface area contributed by atoms with Crippen molar-refractivity contribution in [1.29, 1.82) is 0 Å². The lowest BCUT2D eigenvalue weighted by atomic mass is 9.84. The number of rotatable bonds is 9. The van der Waals surface area contributed by atoms with E-state index in [1.54, 1.807) is 0 Å². The summed E-state index contributed by atoms with van der Waals surface area (Å²) in [5, 5.41) is 14.5. The first kappa shape index (κ1) is 25.2. The van der Waals surface area contributed by atoms with Gasteiger partial charge in [-0.25, -0.2) is 4.79 Å². The summed E-state index contributed by atoms with van der Waals surface area (Å²) in [6.45, 7) is 5.55. The summed E-state index contributed by atoms with van der Waals surface area (Å²) < 4.78 is 10.6. The van der Waals surface area contributed by atoms with E-state index < -0.39 is 35.5 Å². The summed E-state index contributed by atoms with van der Waals surface area (Å²) in [6, 6.07) is 14.4. The molecule has 3 rings (SSSR count). The summed E-state index contributed by atoms with van der Waals surface area (Å²) >= 11 is 0. The first-order valence-corrected chi connectivity index (χ1v) is 11.2. The smallest absolute Gasteiger partial charge is 0.407 e. The topological polar surface area (TPSA) is 114 Å². The number of hydrogen-bond acceptors (Lipinski definition) is 5. The number of nitrogens with one attached hydrogen (secondary N) is 2. The normalized spacial score (nSPS) is 14.5. The molecule has 8 nitrogen and oxygen atoms in total. The van der Waals surface area contributed by atoms with Gasteiger partial charge in [0.1, 0.15) is 12.6 Å². The van der Waals surface area contributed by atoms with Crippen LogP contribution in [0.2, 0.25) is 0 Å². The summed E-state index contributed by atoms with van der Waals surface area (Å²) in [7, 11) is 1.41. The van der Waals surface area contributed by atoms with Crippen molar-refractivity contribution in [3.05, 3.63) is 59.7 Å². The van der Waals surface area contributed by atoms with Crippen molar-refractivity contribution in [3.8, 4) is 11.1 Å². The van der Waals surface area contributed by atoms with Gasteiger partial charge in [0.25, 0.3) is 0 Å². The Bertz CT molecular complexity index is 1000. The number of carbonyl (C=O) groups is 3. The van der Waals surface area contributed by atoms with Gasteiger partial charge in [0.15, 0.2) is 0 Å². The number of ether oxygens (including phenoxy) is 2. The summed E-state index contributed by atoms with van der Waals surface area (Å²) in [6.07, 6.45) is -0.982. The van der Waals surface area contributed by atoms with Gasteiger partial charge in [-0.1, -0.05) is 69.3 Å². The second kappa shape index (κ2) is 10.7. The Morgan fingerprint density at radius 2 is 1.53 bits per heavy atom. The lowest BCUT2D eigenvalue weighted by molar-refractivity contribution is -0.138. The quantitative estimate of drug-likeness (QED) is 0.519. The molecule has 2 atom stereocenters. The zero-order valence-corrected chi connectivity index (χ0v) is 20.0. The summed E-state index contributed by atoms with van der Waals surface area (Å²) in [5.74, 6) is -1.65. The van der Waals surface area contributed by atoms with E-state index in [0.717, 1.165) is 22.3 Å². The highest BCUT2D eigenvalue weighted by molar-refractivity contribution is 5.86. The molecule has 0 aliphatic heterocycles. The minimum atomic E-state index is -1.03. The van der Waals surface area contributed by atoms with Crippen LogP contribution < -0.4 is 10.6 Å². The van der Waals surface area contributed by atoms with Crippen LogP contribution in [0.25, 0.3) is 11.1 Å². The van der Waals surface area contributed by atoms with E-state index in [1.807, 2.05) is 57.2 Å². The van der Waals surface area contributed by atoms with Crippen molar-refractivity contribution in [1.82, 2.24) is 10.6 Å². The SMILES string of the molecule is COC[C@H](NC(=O)OCC1c2ccccc2-c2ccccc21)C(=O)NC(CC(=O)O)C(C)(C)C. The van der Waals surface area contributed by atoms with E-state index in [-0.39, 0.29) is 25.6 Å². The summed E-state index contributed by atoms with van der Waals surface area (Å²) in [5.41, 5.74) is 3.93. The number of carboxylic acids is 1. The Hall–Kier alpha value is -3.39. The van der Waals surface area contributed by atoms with Crippen molar-refractivity contribution in [2.24, 2.45) is 5.41 Å². The van der Waals surface area contributed by atoms with Gasteiger partial charge in [-0.2, -0.15) is 0 Å². The van der Waals surface area contributed by atoms with Crippen LogP contribution in [-0.2, 0) is 19.1 Å². The average molecular weight is 469 g/mol. The largest absolute Gasteiger partial charge is 0.481 e. The molecule has 0 radical (unpaired) electrons. The Kier molecular flexibility index (Phi) is 7.94. The zero-order valence-electron chi connectivity index (χ0n) is 20.0. The number of fused-ring (bicyclic) bond motifs is 3. The number of aliphatic carboxylic acids is 1. The van der Waals surface area contributed by atoms with Gasteiger partial charge in [-0.15, -0.1) is 0 Å². The van der Waals surface area contributed by atoms with E-state index in [4.69, 9.17) is 9.47 Å². The first-order chi connectivity index (χ1) is 16.1. The highest BCUT2D eigenvalue weighted by Gasteiger charge is 2.33. The molecule has 0 heterocycles. The fourth-order valence-corrected chi connectivity index (χ4v) is 4.15. The van der Waals surface area contributed by atoms with E-state index in [1.165, 1.54) is 7.11 Å². The molecule has 0 aromatic heterocycles. The second-order valence-electron chi connectivity index (χ2n) is 9.50. The minimum Gasteiger partial charge on any atom is -0.481 e. The fourth-order valence-electron chi connectivity index (χ4n) is 4.15. The first-order valence-electron chi connectivity index (χ1n) is 11.2. The second-order valence-corrected chi connectivity index (χ2v) is 9.50. The van der Waals surface area contributed by atoms with E-state index in [9.17, 15) is 19.5 Å². The third kappa shape index (κ3) is 5.94. The monoisotopic (exact) mass is 468 g/mol. The zero-order chi connectivity index (χ0) is 24.9. The molecule has 1 unspecified atom stereocenters. The molecule has 0 saturated carbocycles. The van der Waals surface area contributed by atoms with E-state index in [0.29, 0.717) is 0 Å². The molecule has 0 spiro atoms. The van der Waals surface area contributed by atoms with Crippen LogP contribution in [-0.4, -0.2) is 55.5 Å². The highest BCUT2D eigenvalue weighted by atomic mass is 16.5. The number of methoxy groups -OCH3 is 1. The molecule has 8 heteroatoms. The number of carbonyl (C=O) groups excluding carboxylic acids is 2. The van der Waals surface area contributed by atoms with Gasteiger partial charge in [0.05, 0.1) is 13.0 Å². The Morgan fingerprint density at radius 1 is 0.971 bits per heavy atom. The molecule has 0 bridgehead atoms. The van der Waals surface area contributed by atoms with E-state index in [2.05, 4.69) is 22.8 Å². The molecule has 3 N–H and O–H groups in total. The van der Waals surface area contributed by atoms with Gasteiger partial charge in [-0.05, 0) is 27.7 Å². The standard InChI is InChI=1S/C26H32N2O6/c1-26(2,3)22(13-23(29)30)28-24(31)21(15-33-4)27-25(32)34-14-20-18-11-7-5-9-16(18)17-10-6-8-12-19(17)20/h5-12,20-22H,13-15H2,1-4H3,(H,27,32)(H,28,31)(H,29,30)/t21-,22?/m0/s1. The maximum Gasteiger partial charge on any atom is 0.407 e. The van der Waals surface area contributed by atoms with Crippen molar-refractivity contribution < 1.29 is 29.0 Å². The molecule has 1 aliphatic rings. The molecule has 0 fully saturated rings. The number of alkyl carbamates (subject to hydrolysis) is 1. The van der Waals surface area contributed by atoms with Crippen LogP contribution in [0.4, 0.5) is 4.79 Å². The van der Waals surface area contributed by atoms with Gasteiger partial charge < -0.3 is 25.2 Å². The van der Waals surface area contributed by atoms with Crippen LogP contribution in [0.3, 0.4) is 0 Å². The number of hydrogen-bond donors (Lipinski definition) is 3. The van der Waals surface area contributed by atoms with E-state index >= 15 is 0 Å². The minimum absolute atomic E-state index is 0.0834. The lowest BCUT2D eigenvalue weighted by Gasteiger charge is -2.31. The third-order valence-electron chi connectivity index (χ3n) is 6.03. The number of amides is 2. The van der Waals surface area contributed by atoms with Crippen molar-refractivity contribution >= 4 is 18.0 Å². The molecule has 1 aliphatic carbocycles. The molecule has 0 saturated heterocycles. The van der Waals surface area contributed by atoms with Crippen LogP contribution >= 0.6 is 0 Å². The van der Waals surface area contributed by atoms with Crippen molar-refractivity contribution in [2.75, 3.05) is 20.3 Å². The molecule has 2 aromatic rings. The van der Waals surface area contributed by atoms with Gasteiger partial charge in [0.2, 0.25) is 5.91 Å². The molecular formula is C26H32N2O6. The maximum atomic E-state index is 12.8. The lowest BCUT2D eigenvalue weighted by Crippen LogP contribution is -2.54. The third-order valence-corrected chi connectivity index (χ3v) is 6.03. The summed E-state index contributed by atoms with van der Waals surface area (Å²) in [4.78, 5) is 36.7.